The molecule has 0 fully saturated rings. The van der Waals surface area contributed by atoms with Gasteiger partial charge in [0.15, 0.2) is 11.5 Å². The molecule has 0 spiro atoms. The van der Waals surface area contributed by atoms with Gasteiger partial charge in [-0.15, -0.1) is 15.3 Å². The SMILES string of the molecule is COc1ccc(C)cc1[C@H](C)Nc1ccc2nnc(-c3ccccc3)n2n1. The summed E-state index contributed by atoms with van der Waals surface area (Å²) in [5, 5.41) is 16.6. The van der Waals surface area contributed by atoms with Gasteiger partial charge in [-0.1, -0.05) is 48.0 Å². The molecule has 0 bridgehead atoms. The van der Waals surface area contributed by atoms with E-state index in [1.807, 2.05) is 54.6 Å². The molecule has 4 aromatic rings. The maximum atomic E-state index is 5.51. The highest BCUT2D eigenvalue weighted by Gasteiger charge is 2.14. The third-order valence-corrected chi connectivity index (χ3v) is 4.51. The van der Waals surface area contributed by atoms with Crippen LogP contribution >= 0.6 is 0 Å². The lowest BCUT2D eigenvalue weighted by atomic mass is 10.0. The van der Waals surface area contributed by atoms with Crippen molar-refractivity contribution in [2.24, 2.45) is 0 Å². The minimum Gasteiger partial charge on any atom is -0.496 e. The molecule has 1 atom stereocenters. The second kappa shape index (κ2) is 7.07. The molecule has 0 saturated carbocycles. The third kappa shape index (κ3) is 3.33. The number of aromatic nitrogens is 4. The summed E-state index contributed by atoms with van der Waals surface area (Å²) in [6.07, 6.45) is 0. The summed E-state index contributed by atoms with van der Waals surface area (Å²) < 4.78 is 7.27. The summed E-state index contributed by atoms with van der Waals surface area (Å²) >= 11 is 0. The van der Waals surface area contributed by atoms with Gasteiger partial charge >= 0.3 is 0 Å². The Morgan fingerprint density at radius 3 is 2.59 bits per heavy atom. The lowest BCUT2D eigenvalue weighted by Gasteiger charge is -2.18. The van der Waals surface area contributed by atoms with Gasteiger partial charge in [0.1, 0.15) is 11.6 Å². The lowest BCUT2D eigenvalue weighted by Crippen LogP contribution is -2.11. The first-order chi connectivity index (χ1) is 13.2. The molecule has 2 aromatic carbocycles. The molecule has 2 heterocycles. The summed E-state index contributed by atoms with van der Waals surface area (Å²) in [6, 6.07) is 19.9. The van der Waals surface area contributed by atoms with Crippen molar-refractivity contribution in [3.8, 4) is 17.1 Å². The molecule has 1 N–H and O–H groups in total. The second-order valence-corrected chi connectivity index (χ2v) is 6.49. The molecule has 0 amide bonds. The van der Waals surface area contributed by atoms with Gasteiger partial charge in [-0.05, 0) is 32.0 Å². The van der Waals surface area contributed by atoms with Crippen molar-refractivity contribution >= 4 is 11.5 Å². The maximum Gasteiger partial charge on any atom is 0.185 e. The van der Waals surface area contributed by atoms with Crippen molar-refractivity contribution in [1.82, 2.24) is 19.8 Å². The van der Waals surface area contributed by atoms with E-state index in [0.29, 0.717) is 5.65 Å². The fourth-order valence-corrected chi connectivity index (χ4v) is 3.12. The lowest BCUT2D eigenvalue weighted by molar-refractivity contribution is 0.407. The normalized spacial score (nSPS) is 12.1. The van der Waals surface area contributed by atoms with Gasteiger partial charge in [0, 0.05) is 11.1 Å². The van der Waals surface area contributed by atoms with E-state index in [2.05, 4.69) is 35.4 Å². The monoisotopic (exact) mass is 359 g/mol. The standard InChI is InChI=1S/C21H21N5O/c1-14-9-10-18(27-3)17(13-14)15(2)22-19-11-12-20-23-24-21(26(20)25-19)16-7-5-4-6-8-16/h4-13,15H,1-3H3,(H,22,25)/t15-/m0/s1. The number of ether oxygens (including phenoxy) is 1. The van der Waals surface area contributed by atoms with Gasteiger partial charge in [-0.2, -0.15) is 4.52 Å². The van der Waals surface area contributed by atoms with Crippen molar-refractivity contribution in [2.75, 3.05) is 12.4 Å². The molecule has 0 saturated heterocycles. The van der Waals surface area contributed by atoms with Gasteiger partial charge in [0.25, 0.3) is 0 Å². The molecular weight excluding hydrogens is 338 g/mol. The smallest absolute Gasteiger partial charge is 0.185 e. The van der Waals surface area contributed by atoms with Gasteiger partial charge < -0.3 is 10.1 Å². The summed E-state index contributed by atoms with van der Waals surface area (Å²) in [5.41, 5.74) is 3.96. The van der Waals surface area contributed by atoms with Crippen LogP contribution in [0.25, 0.3) is 17.0 Å². The van der Waals surface area contributed by atoms with E-state index in [4.69, 9.17) is 9.84 Å². The number of aryl methyl sites for hydroxylation is 1. The molecule has 4 rings (SSSR count). The van der Waals surface area contributed by atoms with Crippen molar-refractivity contribution < 1.29 is 4.74 Å². The zero-order valence-corrected chi connectivity index (χ0v) is 15.5. The number of nitrogens with zero attached hydrogens (tertiary/aromatic N) is 4. The molecule has 27 heavy (non-hydrogen) atoms. The van der Waals surface area contributed by atoms with Gasteiger partial charge in [0.2, 0.25) is 0 Å². The Labute approximate surface area is 157 Å². The van der Waals surface area contributed by atoms with Crippen LogP contribution < -0.4 is 10.1 Å². The highest BCUT2D eigenvalue weighted by molar-refractivity contribution is 5.59. The fraction of sp³-hybridized carbons (Fsp3) is 0.190. The van der Waals surface area contributed by atoms with Gasteiger partial charge in [0.05, 0.1) is 13.2 Å². The maximum absolute atomic E-state index is 5.51. The fourth-order valence-electron chi connectivity index (χ4n) is 3.12. The Kier molecular flexibility index (Phi) is 4.46. The van der Waals surface area contributed by atoms with Crippen LogP contribution in [0.15, 0.2) is 60.7 Å². The number of fused-ring (bicyclic) bond motifs is 1. The summed E-state index contributed by atoms with van der Waals surface area (Å²) in [6.45, 7) is 4.16. The number of hydrogen-bond acceptors (Lipinski definition) is 5. The highest BCUT2D eigenvalue weighted by Crippen LogP contribution is 2.28. The molecular formula is C21H21N5O. The first-order valence-corrected chi connectivity index (χ1v) is 8.84. The van der Waals surface area contributed by atoms with E-state index in [1.165, 1.54) is 5.56 Å². The highest BCUT2D eigenvalue weighted by atomic mass is 16.5. The predicted molar refractivity (Wildman–Crippen MR) is 106 cm³/mol. The van der Waals surface area contributed by atoms with Crippen LogP contribution in [0.2, 0.25) is 0 Å². The van der Waals surface area contributed by atoms with Crippen molar-refractivity contribution in [3.05, 3.63) is 71.8 Å². The minimum atomic E-state index is 0.0291. The van der Waals surface area contributed by atoms with Crippen LogP contribution in [-0.2, 0) is 0 Å². The molecule has 0 aliphatic heterocycles. The zero-order chi connectivity index (χ0) is 18.8. The first kappa shape index (κ1) is 17.0. The number of nitrogens with one attached hydrogen (secondary N) is 1. The molecule has 2 aromatic heterocycles. The number of anilines is 1. The topological polar surface area (TPSA) is 64.3 Å². The van der Waals surface area contributed by atoms with Crippen LogP contribution in [0.3, 0.4) is 0 Å². The third-order valence-electron chi connectivity index (χ3n) is 4.51. The van der Waals surface area contributed by atoms with E-state index >= 15 is 0 Å². The summed E-state index contributed by atoms with van der Waals surface area (Å²) in [7, 11) is 1.69. The van der Waals surface area contributed by atoms with Crippen LogP contribution in [-0.4, -0.2) is 26.9 Å². The molecule has 6 nitrogen and oxygen atoms in total. The number of methoxy groups -OCH3 is 1. The molecule has 0 aliphatic rings. The van der Waals surface area contributed by atoms with Gasteiger partial charge in [-0.3, -0.25) is 0 Å². The largest absolute Gasteiger partial charge is 0.496 e. The molecule has 0 aliphatic carbocycles. The van der Waals surface area contributed by atoms with E-state index in [1.54, 1.807) is 11.6 Å². The van der Waals surface area contributed by atoms with E-state index in [0.717, 1.165) is 28.5 Å². The van der Waals surface area contributed by atoms with Crippen molar-refractivity contribution in [2.45, 2.75) is 19.9 Å². The molecule has 0 unspecified atom stereocenters. The quantitative estimate of drug-likeness (QED) is 0.576. The van der Waals surface area contributed by atoms with E-state index in [-0.39, 0.29) is 6.04 Å². The van der Waals surface area contributed by atoms with Crippen LogP contribution in [0.4, 0.5) is 5.82 Å². The average molecular weight is 359 g/mol. The first-order valence-electron chi connectivity index (χ1n) is 8.84. The Morgan fingerprint density at radius 1 is 1.00 bits per heavy atom. The summed E-state index contributed by atoms with van der Waals surface area (Å²) in [5.74, 6) is 2.32. The number of benzene rings is 2. The van der Waals surface area contributed by atoms with Crippen LogP contribution in [0.1, 0.15) is 24.1 Å². The molecule has 136 valence electrons. The number of rotatable bonds is 5. The Hall–Kier alpha value is -3.41. The predicted octanol–water partition coefficient (Wildman–Crippen LogP) is 4.28. The van der Waals surface area contributed by atoms with E-state index in [9.17, 15) is 0 Å². The van der Waals surface area contributed by atoms with Crippen molar-refractivity contribution in [1.29, 1.82) is 0 Å². The number of hydrogen-bond donors (Lipinski definition) is 1. The zero-order valence-electron chi connectivity index (χ0n) is 15.5. The Bertz CT molecular complexity index is 1070. The Morgan fingerprint density at radius 2 is 1.81 bits per heavy atom. The Balaban J connectivity index is 1.68. The average Bonchev–Trinajstić information content (AvgIpc) is 3.12. The molecule has 6 heteroatoms. The molecule has 0 radical (unpaired) electrons. The summed E-state index contributed by atoms with van der Waals surface area (Å²) in [4.78, 5) is 0. The van der Waals surface area contributed by atoms with E-state index < -0.39 is 0 Å². The van der Waals surface area contributed by atoms with Gasteiger partial charge in [-0.25, -0.2) is 0 Å². The minimum absolute atomic E-state index is 0.0291. The second-order valence-electron chi connectivity index (χ2n) is 6.49. The van der Waals surface area contributed by atoms with Crippen LogP contribution in [0.5, 0.6) is 5.75 Å². The van der Waals surface area contributed by atoms with Crippen molar-refractivity contribution in [3.63, 3.8) is 0 Å². The van der Waals surface area contributed by atoms with Crippen LogP contribution in [0, 0.1) is 6.92 Å².